The van der Waals surface area contributed by atoms with Gasteiger partial charge in [-0.1, -0.05) is 25.7 Å². The Labute approximate surface area is 126 Å². The van der Waals surface area contributed by atoms with Gasteiger partial charge in [-0.15, -0.1) is 0 Å². The molecule has 1 rings (SSSR count). The zero-order chi connectivity index (χ0) is 16.0. The van der Waals surface area contributed by atoms with Gasteiger partial charge in [-0.2, -0.15) is 4.31 Å². The second-order valence-corrected chi connectivity index (χ2v) is 6.60. The SMILES string of the molecule is CCC(CC)N(C)S(=O)(=O)c1ccc(F)cc1C#CCN. The van der Waals surface area contributed by atoms with E-state index in [1.165, 1.54) is 17.4 Å². The van der Waals surface area contributed by atoms with Gasteiger partial charge in [0, 0.05) is 18.7 Å². The number of halogens is 1. The Morgan fingerprint density at radius 2 is 1.95 bits per heavy atom. The van der Waals surface area contributed by atoms with Crippen molar-refractivity contribution in [2.24, 2.45) is 5.73 Å². The van der Waals surface area contributed by atoms with E-state index >= 15 is 0 Å². The first-order valence-corrected chi connectivity index (χ1v) is 8.29. The van der Waals surface area contributed by atoms with Crippen LogP contribution >= 0.6 is 0 Å². The predicted molar refractivity (Wildman–Crippen MR) is 81.7 cm³/mol. The van der Waals surface area contributed by atoms with Gasteiger partial charge in [0.05, 0.1) is 11.4 Å². The molecule has 0 aromatic heterocycles. The molecule has 0 fully saturated rings. The highest BCUT2D eigenvalue weighted by molar-refractivity contribution is 7.89. The van der Waals surface area contributed by atoms with Crippen molar-refractivity contribution in [3.63, 3.8) is 0 Å². The lowest BCUT2D eigenvalue weighted by molar-refractivity contribution is 0.349. The molecule has 0 aliphatic rings. The Morgan fingerprint density at radius 3 is 2.48 bits per heavy atom. The Balaban J connectivity index is 3.37. The van der Waals surface area contributed by atoms with Crippen molar-refractivity contribution in [1.82, 2.24) is 4.31 Å². The number of benzene rings is 1. The minimum atomic E-state index is -3.72. The molecule has 1 aromatic carbocycles. The van der Waals surface area contributed by atoms with Gasteiger partial charge in [0.2, 0.25) is 10.0 Å². The third-order valence-corrected chi connectivity index (χ3v) is 5.35. The molecule has 0 atom stereocenters. The van der Waals surface area contributed by atoms with Gasteiger partial charge >= 0.3 is 0 Å². The highest BCUT2D eigenvalue weighted by Gasteiger charge is 2.28. The lowest BCUT2D eigenvalue weighted by Crippen LogP contribution is -2.36. The first-order chi connectivity index (χ1) is 9.88. The van der Waals surface area contributed by atoms with Crippen molar-refractivity contribution in [3.8, 4) is 11.8 Å². The fourth-order valence-electron chi connectivity index (χ4n) is 2.13. The number of nitrogens with zero attached hydrogens (tertiary/aromatic N) is 1. The molecule has 0 saturated heterocycles. The van der Waals surface area contributed by atoms with Crippen LogP contribution in [-0.4, -0.2) is 32.4 Å². The number of rotatable bonds is 5. The summed E-state index contributed by atoms with van der Waals surface area (Å²) in [7, 11) is -2.18. The molecule has 0 saturated carbocycles. The van der Waals surface area contributed by atoms with E-state index in [2.05, 4.69) is 11.8 Å². The van der Waals surface area contributed by atoms with Crippen LogP contribution in [0.3, 0.4) is 0 Å². The van der Waals surface area contributed by atoms with Gasteiger partial charge in [0.25, 0.3) is 0 Å². The summed E-state index contributed by atoms with van der Waals surface area (Å²) in [5, 5.41) is 0. The van der Waals surface area contributed by atoms with Crippen LogP contribution in [-0.2, 0) is 10.0 Å². The van der Waals surface area contributed by atoms with Crippen LogP contribution in [0.4, 0.5) is 4.39 Å². The maximum atomic E-state index is 13.3. The van der Waals surface area contributed by atoms with Crippen molar-refractivity contribution in [2.45, 2.75) is 37.6 Å². The van der Waals surface area contributed by atoms with Crippen LogP contribution in [0.5, 0.6) is 0 Å². The highest BCUT2D eigenvalue weighted by atomic mass is 32.2. The first-order valence-electron chi connectivity index (χ1n) is 6.84. The summed E-state index contributed by atoms with van der Waals surface area (Å²) < 4.78 is 40.1. The first kappa shape index (κ1) is 17.6. The summed E-state index contributed by atoms with van der Waals surface area (Å²) in [6.45, 7) is 3.94. The Kier molecular flexibility index (Phi) is 6.34. The number of nitrogens with two attached hydrogens (primary N) is 1. The normalized spacial score (nSPS) is 11.6. The predicted octanol–water partition coefficient (Wildman–Crippen LogP) is 1.95. The number of sulfonamides is 1. The van der Waals surface area contributed by atoms with E-state index in [4.69, 9.17) is 5.73 Å². The summed E-state index contributed by atoms with van der Waals surface area (Å²) in [5.41, 5.74) is 5.43. The van der Waals surface area contributed by atoms with Crippen molar-refractivity contribution >= 4 is 10.0 Å². The maximum absolute atomic E-state index is 13.3. The quantitative estimate of drug-likeness (QED) is 0.845. The lowest BCUT2D eigenvalue weighted by atomic mass is 10.2. The van der Waals surface area contributed by atoms with Gasteiger partial charge in [0.15, 0.2) is 0 Å². The fraction of sp³-hybridized carbons (Fsp3) is 0.467. The molecule has 0 aliphatic heterocycles. The largest absolute Gasteiger partial charge is 0.320 e. The number of hydrogen-bond donors (Lipinski definition) is 1. The second kappa shape index (κ2) is 7.55. The summed E-state index contributed by atoms with van der Waals surface area (Å²) >= 11 is 0. The smallest absolute Gasteiger partial charge is 0.244 e. The molecule has 21 heavy (non-hydrogen) atoms. The zero-order valence-corrected chi connectivity index (χ0v) is 13.4. The molecule has 2 N–H and O–H groups in total. The van der Waals surface area contributed by atoms with Crippen LogP contribution in [0.15, 0.2) is 23.1 Å². The van der Waals surface area contributed by atoms with Crippen molar-refractivity contribution in [1.29, 1.82) is 0 Å². The lowest BCUT2D eigenvalue weighted by Gasteiger charge is -2.26. The van der Waals surface area contributed by atoms with Crippen molar-refractivity contribution < 1.29 is 12.8 Å². The molecule has 0 amide bonds. The van der Waals surface area contributed by atoms with Gasteiger partial charge in [0.1, 0.15) is 5.82 Å². The van der Waals surface area contributed by atoms with Gasteiger partial charge in [-0.25, -0.2) is 12.8 Å². The van der Waals surface area contributed by atoms with E-state index in [9.17, 15) is 12.8 Å². The Hall–Kier alpha value is -1.42. The maximum Gasteiger partial charge on any atom is 0.244 e. The molecule has 0 bridgehead atoms. The van der Waals surface area contributed by atoms with Gasteiger partial charge in [-0.05, 0) is 31.0 Å². The standard InChI is InChI=1S/C15H21FN2O2S/c1-4-14(5-2)18(3)21(19,20)15-9-8-13(16)11-12(15)7-6-10-17/h8-9,11,14H,4-5,10,17H2,1-3H3. The number of hydrogen-bond acceptors (Lipinski definition) is 3. The van der Waals surface area contributed by atoms with Crippen LogP contribution in [0.1, 0.15) is 32.3 Å². The Morgan fingerprint density at radius 1 is 1.33 bits per heavy atom. The molecule has 4 nitrogen and oxygen atoms in total. The van der Waals surface area contributed by atoms with Crippen molar-refractivity contribution in [3.05, 3.63) is 29.6 Å². The molecular weight excluding hydrogens is 291 g/mol. The minimum Gasteiger partial charge on any atom is -0.320 e. The average Bonchev–Trinajstić information content (AvgIpc) is 2.46. The molecule has 0 spiro atoms. The molecule has 1 aromatic rings. The van der Waals surface area contributed by atoms with E-state index in [0.29, 0.717) is 12.8 Å². The third kappa shape index (κ3) is 4.03. The van der Waals surface area contributed by atoms with Crippen LogP contribution in [0.25, 0.3) is 0 Å². The molecule has 116 valence electrons. The molecular formula is C15H21FN2O2S. The second-order valence-electron chi connectivity index (χ2n) is 4.64. The summed E-state index contributed by atoms with van der Waals surface area (Å²) in [5.74, 6) is 4.67. The molecule has 6 heteroatoms. The summed E-state index contributed by atoms with van der Waals surface area (Å²) in [4.78, 5) is 0.0132. The fourth-order valence-corrected chi connectivity index (χ4v) is 3.75. The van der Waals surface area contributed by atoms with E-state index in [0.717, 1.165) is 12.1 Å². The van der Waals surface area contributed by atoms with Crippen molar-refractivity contribution in [2.75, 3.05) is 13.6 Å². The van der Waals surface area contributed by atoms with E-state index in [1.54, 1.807) is 0 Å². The van der Waals surface area contributed by atoms with E-state index in [1.807, 2.05) is 13.8 Å². The molecule has 0 aliphatic carbocycles. The van der Waals surface area contributed by atoms with Gasteiger partial charge in [-0.3, -0.25) is 0 Å². The minimum absolute atomic E-state index is 0.0132. The van der Waals surface area contributed by atoms with E-state index < -0.39 is 15.8 Å². The summed E-state index contributed by atoms with van der Waals surface area (Å²) in [6.07, 6.45) is 1.41. The monoisotopic (exact) mass is 312 g/mol. The third-order valence-electron chi connectivity index (χ3n) is 3.38. The summed E-state index contributed by atoms with van der Waals surface area (Å²) in [6, 6.07) is 3.40. The Bertz CT molecular complexity index is 643. The van der Waals surface area contributed by atoms with Crippen LogP contribution in [0.2, 0.25) is 0 Å². The molecule has 0 radical (unpaired) electrons. The zero-order valence-electron chi connectivity index (χ0n) is 12.6. The van der Waals surface area contributed by atoms with Crippen LogP contribution < -0.4 is 5.73 Å². The molecule has 0 heterocycles. The molecule has 0 unspecified atom stereocenters. The average molecular weight is 312 g/mol. The highest BCUT2D eigenvalue weighted by Crippen LogP contribution is 2.23. The topological polar surface area (TPSA) is 63.4 Å². The van der Waals surface area contributed by atoms with Gasteiger partial charge < -0.3 is 5.73 Å². The van der Waals surface area contributed by atoms with E-state index in [-0.39, 0.29) is 23.0 Å². The van der Waals surface area contributed by atoms with Crippen LogP contribution in [0, 0.1) is 17.7 Å².